The first kappa shape index (κ1) is 10.4. The lowest BCUT2D eigenvalue weighted by molar-refractivity contribution is -0.137. The Morgan fingerprint density at radius 3 is 2.79 bits per heavy atom. The molecule has 0 aromatic heterocycles. The van der Waals surface area contributed by atoms with Gasteiger partial charge in [-0.2, -0.15) is 0 Å². The molecule has 0 spiro atoms. The maximum atomic E-state index is 10.7. The molecule has 0 saturated carbocycles. The average Bonchev–Trinajstić information content (AvgIpc) is 2.20. The molecule has 0 unspecified atom stereocenters. The van der Waals surface area contributed by atoms with E-state index in [0.29, 0.717) is 23.2 Å². The van der Waals surface area contributed by atoms with Gasteiger partial charge in [-0.1, -0.05) is 0 Å². The first-order valence-corrected chi connectivity index (χ1v) is 4.04. The van der Waals surface area contributed by atoms with E-state index < -0.39 is 12.6 Å². The van der Waals surface area contributed by atoms with Crippen LogP contribution in [0.25, 0.3) is 0 Å². The maximum absolute atomic E-state index is 10.7. The van der Waals surface area contributed by atoms with Gasteiger partial charge < -0.3 is 9.84 Å². The lowest BCUT2D eigenvalue weighted by Gasteiger charge is -2.05. The molecular weight excluding hydrogens is 184 g/mol. The van der Waals surface area contributed by atoms with Gasteiger partial charge in [0.05, 0.1) is 0 Å². The predicted molar refractivity (Wildman–Crippen MR) is 49.3 cm³/mol. The van der Waals surface area contributed by atoms with Gasteiger partial charge >= 0.3 is 5.97 Å². The standard InChI is InChI=1S/C10H10O4/c1-7-4-8(5-11)2-3-9(7)14-10(13)6-12/h2-5,12H,6H2,1H3. The Kier molecular flexibility index (Phi) is 3.36. The number of benzene rings is 1. The summed E-state index contributed by atoms with van der Waals surface area (Å²) in [4.78, 5) is 21.1. The summed E-state index contributed by atoms with van der Waals surface area (Å²) in [6.07, 6.45) is 0.713. The van der Waals surface area contributed by atoms with Crippen LogP contribution in [0.3, 0.4) is 0 Å². The normalized spacial score (nSPS) is 9.57. The Morgan fingerprint density at radius 1 is 1.57 bits per heavy atom. The van der Waals surface area contributed by atoms with Crippen LogP contribution in [-0.4, -0.2) is 24.0 Å². The van der Waals surface area contributed by atoms with Crippen molar-refractivity contribution in [3.05, 3.63) is 29.3 Å². The molecule has 4 nitrogen and oxygen atoms in total. The van der Waals surface area contributed by atoms with E-state index in [1.54, 1.807) is 19.1 Å². The second kappa shape index (κ2) is 4.53. The molecule has 0 aliphatic rings. The fourth-order valence-electron chi connectivity index (χ4n) is 1.02. The van der Waals surface area contributed by atoms with Crippen molar-refractivity contribution in [2.75, 3.05) is 6.61 Å². The van der Waals surface area contributed by atoms with Crippen LogP contribution >= 0.6 is 0 Å². The van der Waals surface area contributed by atoms with E-state index in [9.17, 15) is 9.59 Å². The zero-order chi connectivity index (χ0) is 10.6. The zero-order valence-electron chi connectivity index (χ0n) is 7.69. The van der Waals surface area contributed by atoms with Gasteiger partial charge in [0.2, 0.25) is 0 Å². The van der Waals surface area contributed by atoms with Crippen molar-refractivity contribution in [3.63, 3.8) is 0 Å². The largest absolute Gasteiger partial charge is 0.425 e. The lowest BCUT2D eigenvalue weighted by Crippen LogP contribution is -2.12. The molecule has 0 aliphatic heterocycles. The van der Waals surface area contributed by atoms with Crippen LogP contribution in [-0.2, 0) is 4.79 Å². The SMILES string of the molecule is Cc1cc(C=O)ccc1OC(=O)CO. The molecule has 1 N–H and O–H groups in total. The van der Waals surface area contributed by atoms with E-state index in [4.69, 9.17) is 9.84 Å². The molecule has 0 aliphatic carbocycles. The van der Waals surface area contributed by atoms with Crippen LogP contribution in [0.2, 0.25) is 0 Å². The van der Waals surface area contributed by atoms with Crippen molar-refractivity contribution in [2.24, 2.45) is 0 Å². The van der Waals surface area contributed by atoms with E-state index in [2.05, 4.69) is 0 Å². The number of hydrogen-bond donors (Lipinski definition) is 1. The number of aldehydes is 1. The van der Waals surface area contributed by atoms with Crippen LogP contribution in [0.15, 0.2) is 18.2 Å². The summed E-state index contributed by atoms with van der Waals surface area (Å²) in [6.45, 7) is 1.06. The van der Waals surface area contributed by atoms with Crippen molar-refractivity contribution < 1.29 is 19.4 Å². The number of aryl methyl sites for hydroxylation is 1. The highest BCUT2D eigenvalue weighted by atomic mass is 16.5. The predicted octanol–water partition coefficient (Wildman–Crippen LogP) is 0.705. The minimum absolute atomic E-state index is 0.356. The first-order valence-electron chi connectivity index (χ1n) is 4.04. The summed E-state index contributed by atoms with van der Waals surface area (Å²) in [5, 5.41) is 8.46. The lowest BCUT2D eigenvalue weighted by atomic mass is 10.1. The third-order valence-electron chi connectivity index (χ3n) is 1.69. The van der Waals surface area contributed by atoms with Crippen molar-refractivity contribution in [1.29, 1.82) is 0 Å². The fraction of sp³-hybridized carbons (Fsp3) is 0.200. The van der Waals surface area contributed by atoms with Gasteiger partial charge in [0.1, 0.15) is 18.6 Å². The van der Waals surface area contributed by atoms with Crippen LogP contribution in [0.1, 0.15) is 15.9 Å². The number of carbonyl (C=O) groups is 2. The van der Waals surface area contributed by atoms with E-state index in [0.717, 1.165) is 0 Å². The molecule has 0 amide bonds. The van der Waals surface area contributed by atoms with Gasteiger partial charge in [0.25, 0.3) is 0 Å². The molecule has 0 radical (unpaired) electrons. The molecule has 1 aromatic carbocycles. The summed E-state index contributed by atoms with van der Waals surface area (Å²) in [5.41, 5.74) is 1.20. The summed E-state index contributed by atoms with van der Waals surface area (Å²) in [6, 6.07) is 4.67. The fourth-order valence-corrected chi connectivity index (χ4v) is 1.02. The summed E-state index contributed by atoms with van der Waals surface area (Å²) in [7, 11) is 0. The van der Waals surface area contributed by atoms with E-state index in [-0.39, 0.29) is 0 Å². The highest BCUT2D eigenvalue weighted by Crippen LogP contribution is 2.18. The highest BCUT2D eigenvalue weighted by molar-refractivity contribution is 5.77. The maximum Gasteiger partial charge on any atom is 0.337 e. The quantitative estimate of drug-likeness (QED) is 0.437. The molecule has 0 heterocycles. The van der Waals surface area contributed by atoms with Gasteiger partial charge in [0.15, 0.2) is 0 Å². The van der Waals surface area contributed by atoms with Crippen LogP contribution in [0.4, 0.5) is 0 Å². The second-order valence-electron chi connectivity index (χ2n) is 2.77. The average molecular weight is 194 g/mol. The third-order valence-corrected chi connectivity index (χ3v) is 1.69. The molecule has 1 rings (SSSR count). The second-order valence-corrected chi connectivity index (χ2v) is 2.77. The van der Waals surface area contributed by atoms with Gasteiger partial charge in [-0.25, -0.2) is 4.79 Å². The molecule has 0 atom stereocenters. The minimum atomic E-state index is -0.716. The molecule has 14 heavy (non-hydrogen) atoms. The Morgan fingerprint density at radius 2 is 2.29 bits per heavy atom. The van der Waals surface area contributed by atoms with Crippen molar-refractivity contribution in [2.45, 2.75) is 6.92 Å². The molecular formula is C10H10O4. The van der Waals surface area contributed by atoms with E-state index >= 15 is 0 Å². The number of ether oxygens (including phenoxy) is 1. The zero-order valence-corrected chi connectivity index (χ0v) is 7.69. The highest BCUT2D eigenvalue weighted by Gasteiger charge is 2.05. The Bertz CT molecular complexity index is 357. The van der Waals surface area contributed by atoms with E-state index in [1.165, 1.54) is 6.07 Å². The van der Waals surface area contributed by atoms with Crippen LogP contribution < -0.4 is 4.74 Å². The number of carbonyl (C=O) groups excluding carboxylic acids is 2. The Hall–Kier alpha value is -1.68. The molecule has 74 valence electrons. The molecule has 0 saturated heterocycles. The summed E-state index contributed by atoms with van der Waals surface area (Å²) < 4.78 is 4.79. The first-order chi connectivity index (χ1) is 6.67. The molecule has 0 bridgehead atoms. The van der Waals surface area contributed by atoms with Crippen molar-refractivity contribution >= 4 is 12.3 Å². The van der Waals surface area contributed by atoms with Crippen molar-refractivity contribution in [1.82, 2.24) is 0 Å². The number of hydrogen-bond acceptors (Lipinski definition) is 4. The van der Waals surface area contributed by atoms with Crippen LogP contribution in [0.5, 0.6) is 5.75 Å². The number of esters is 1. The van der Waals surface area contributed by atoms with Crippen LogP contribution in [0, 0.1) is 6.92 Å². The third kappa shape index (κ3) is 2.40. The smallest absolute Gasteiger partial charge is 0.337 e. The Balaban J connectivity index is 2.89. The molecule has 0 fully saturated rings. The topological polar surface area (TPSA) is 63.6 Å². The monoisotopic (exact) mass is 194 g/mol. The van der Waals surface area contributed by atoms with Gasteiger partial charge in [0, 0.05) is 5.56 Å². The van der Waals surface area contributed by atoms with Crippen molar-refractivity contribution in [3.8, 4) is 5.75 Å². The van der Waals surface area contributed by atoms with Gasteiger partial charge in [-0.15, -0.1) is 0 Å². The van der Waals surface area contributed by atoms with Gasteiger partial charge in [-0.05, 0) is 30.7 Å². The van der Waals surface area contributed by atoms with Gasteiger partial charge in [-0.3, -0.25) is 4.79 Å². The summed E-state index contributed by atoms with van der Waals surface area (Å²) in [5.74, 6) is -0.360. The summed E-state index contributed by atoms with van der Waals surface area (Å²) >= 11 is 0. The minimum Gasteiger partial charge on any atom is -0.425 e. The molecule has 4 heteroatoms. The van der Waals surface area contributed by atoms with E-state index in [1.807, 2.05) is 0 Å². The number of rotatable bonds is 3. The Labute approximate surface area is 81.1 Å². The molecule has 1 aromatic rings. The number of aliphatic hydroxyl groups excluding tert-OH is 1. The number of aliphatic hydroxyl groups is 1.